The summed E-state index contributed by atoms with van der Waals surface area (Å²) in [5.74, 6) is -1.03. The number of rotatable bonds is 2. The molecule has 94 valence electrons. The lowest BCUT2D eigenvalue weighted by Crippen LogP contribution is -2.32. The van der Waals surface area contributed by atoms with E-state index in [-0.39, 0.29) is 17.5 Å². The number of hydrogen-bond acceptors (Lipinski definition) is 3. The van der Waals surface area contributed by atoms with Crippen molar-refractivity contribution in [3.05, 3.63) is 29.8 Å². The first-order valence-electron chi connectivity index (χ1n) is 5.38. The molecule has 0 spiro atoms. The molecule has 0 amide bonds. The van der Waals surface area contributed by atoms with Crippen LogP contribution in [-0.4, -0.2) is 26.0 Å². The van der Waals surface area contributed by atoms with Gasteiger partial charge in [0.2, 0.25) is 0 Å². The molecule has 0 atom stereocenters. The molecule has 1 N–H and O–H groups in total. The SMILES string of the molecule is O=S1(=O)CCC(Nc2cc(F)cc(F)c2)CC1. The number of halogens is 2. The predicted octanol–water partition coefficient (Wildman–Crippen LogP) is 1.95. The Morgan fingerprint density at radius 3 is 2.12 bits per heavy atom. The van der Waals surface area contributed by atoms with Crippen LogP contribution in [0.3, 0.4) is 0 Å². The normalized spacial score (nSPS) is 20.1. The average molecular weight is 261 g/mol. The molecule has 6 heteroatoms. The monoisotopic (exact) mass is 261 g/mol. The Labute approximate surface area is 98.8 Å². The lowest BCUT2D eigenvalue weighted by molar-refractivity contribution is 0.557. The Hall–Kier alpha value is -1.17. The second kappa shape index (κ2) is 4.60. The van der Waals surface area contributed by atoms with Gasteiger partial charge in [-0.15, -0.1) is 0 Å². The summed E-state index contributed by atoms with van der Waals surface area (Å²) in [4.78, 5) is 0. The Bertz CT molecular complexity index is 482. The van der Waals surface area contributed by atoms with Crippen molar-refractivity contribution in [1.82, 2.24) is 0 Å². The maximum absolute atomic E-state index is 12.9. The van der Waals surface area contributed by atoms with Gasteiger partial charge in [0.1, 0.15) is 21.5 Å². The highest BCUT2D eigenvalue weighted by Crippen LogP contribution is 2.19. The molecule has 1 aliphatic heterocycles. The van der Waals surface area contributed by atoms with E-state index in [9.17, 15) is 17.2 Å². The maximum atomic E-state index is 12.9. The molecule has 0 aromatic heterocycles. The van der Waals surface area contributed by atoms with Gasteiger partial charge in [-0.3, -0.25) is 0 Å². The van der Waals surface area contributed by atoms with E-state index in [1.54, 1.807) is 0 Å². The first kappa shape index (κ1) is 12.3. The van der Waals surface area contributed by atoms with Crippen LogP contribution in [0.25, 0.3) is 0 Å². The van der Waals surface area contributed by atoms with Gasteiger partial charge in [-0.2, -0.15) is 0 Å². The molecule has 0 aliphatic carbocycles. The van der Waals surface area contributed by atoms with Crippen molar-refractivity contribution in [2.24, 2.45) is 0 Å². The topological polar surface area (TPSA) is 46.2 Å². The predicted molar refractivity (Wildman–Crippen MR) is 61.7 cm³/mol. The van der Waals surface area contributed by atoms with Gasteiger partial charge in [-0.1, -0.05) is 0 Å². The van der Waals surface area contributed by atoms with Crippen molar-refractivity contribution in [3.8, 4) is 0 Å². The molecular weight excluding hydrogens is 248 g/mol. The minimum Gasteiger partial charge on any atom is -0.382 e. The molecule has 1 aliphatic rings. The highest BCUT2D eigenvalue weighted by Gasteiger charge is 2.23. The molecule has 1 aromatic rings. The van der Waals surface area contributed by atoms with E-state index in [2.05, 4.69) is 5.32 Å². The van der Waals surface area contributed by atoms with Crippen molar-refractivity contribution in [1.29, 1.82) is 0 Å². The molecule has 1 aromatic carbocycles. The van der Waals surface area contributed by atoms with Gasteiger partial charge >= 0.3 is 0 Å². The van der Waals surface area contributed by atoms with E-state index >= 15 is 0 Å². The summed E-state index contributed by atoms with van der Waals surface area (Å²) in [6.07, 6.45) is 0.945. The molecule has 17 heavy (non-hydrogen) atoms. The van der Waals surface area contributed by atoms with Gasteiger partial charge in [0.15, 0.2) is 0 Å². The molecule has 1 heterocycles. The van der Waals surface area contributed by atoms with Crippen molar-refractivity contribution < 1.29 is 17.2 Å². The summed E-state index contributed by atoms with van der Waals surface area (Å²) in [6.45, 7) is 0. The number of anilines is 1. The van der Waals surface area contributed by atoms with Gasteiger partial charge in [0, 0.05) is 17.8 Å². The van der Waals surface area contributed by atoms with E-state index in [0.29, 0.717) is 18.5 Å². The lowest BCUT2D eigenvalue weighted by Gasteiger charge is -2.24. The Kier molecular flexibility index (Phi) is 3.33. The smallest absolute Gasteiger partial charge is 0.150 e. The molecule has 1 fully saturated rings. The highest BCUT2D eigenvalue weighted by molar-refractivity contribution is 7.91. The minimum absolute atomic E-state index is 0.0419. The van der Waals surface area contributed by atoms with Crippen LogP contribution in [-0.2, 0) is 9.84 Å². The number of hydrogen-bond donors (Lipinski definition) is 1. The first-order valence-corrected chi connectivity index (χ1v) is 7.20. The largest absolute Gasteiger partial charge is 0.382 e. The van der Waals surface area contributed by atoms with Gasteiger partial charge in [0.25, 0.3) is 0 Å². The van der Waals surface area contributed by atoms with Crippen molar-refractivity contribution in [3.63, 3.8) is 0 Å². The molecule has 0 unspecified atom stereocenters. The number of nitrogens with one attached hydrogen (secondary N) is 1. The van der Waals surface area contributed by atoms with Gasteiger partial charge in [-0.05, 0) is 25.0 Å². The zero-order valence-corrected chi connectivity index (χ0v) is 9.93. The van der Waals surface area contributed by atoms with Gasteiger partial charge in [0.05, 0.1) is 11.5 Å². The summed E-state index contributed by atoms with van der Waals surface area (Å²) in [7, 11) is -2.91. The van der Waals surface area contributed by atoms with Crippen LogP contribution >= 0.6 is 0 Å². The van der Waals surface area contributed by atoms with Crippen molar-refractivity contribution in [2.75, 3.05) is 16.8 Å². The minimum atomic E-state index is -2.91. The lowest BCUT2D eigenvalue weighted by atomic mass is 10.1. The molecule has 3 nitrogen and oxygen atoms in total. The van der Waals surface area contributed by atoms with Crippen molar-refractivity contribution in [2.45, 2.75) is 18.9 Å². The third kappa shape index (κ3) is 3.39. The summed E-state index contributed by atoms with van der Waals surface area (Å²) in [6, 6.07) is 3.16. The third-order valence-electron chi connectivity index (χ3n) is 2.79. The van der Waals surface area contributed by atoms with E-state index < -0.39 is 21.5 Å². The van der Waals surface area contributed by atoms with Crippen molar-refractivity contribution >= 4 is 15.5 Å². The first-order chi connectivity index (χ1) is 7.94. The zero-order valence-electron chi connectivity index (χ0n) is 9.12. The Balaban J connectivity index is 2.02. The van der Waals surface area contributed by atoms with Crippen LogP contribution in [0.15, 0.2) is 18.2 Å². The van der Waals surface area contributed by atoms with E-state index in [0.717, 1.165) is 6.07 Å². The van der Waals surface area contributed by atoms with Crippen LogP contribution in [0.1, 0.15) is 12.8 Å². The highest BCUT2D eigenvalue weighted by atomic mass is 32.2. The fourth-order valence-electron chi connectivity index (χ4n) is 1.91. The molecule has 0 bridgehead atoms. The van der Waals surface area contributed by atoms with Crippen LogP contribution in [0, 0.1) is 11.6 Å². The van der Waals surface area contributed by atoms with E-state index in [1.165, 1.54) is 12.1 Å². The molecule has 1 saturated heterocycles. The fraction of sp³-hybridized carbons (Fsp3) is 0.455. The van der Waals surface area contributed by atoms with Crippen LogP contribution in [0.5, 0.6) is 0 Å². The fourth-order valence-corrected chi connectivity index (χ4v) is 3.40. The molecule has 0 saturated carbocycles. The molecular formula is C11H13F2NO2S. The third-order valence-corrected chi connectivity index (χ3v) is 4.50. The zero-order chi connectivity index (χ0) is 12.5. The van der Waals surface area contributed by atoms with Crippen LogP contribution in [0.4, 0.5) is 14.5 Å². The summed E-state index contributed by atoms with van der Waals surface area (Å²) in [5.41, 5.74) is 0.354. The quantitative estimate of drug-likeness (QED) is 0.885. The second-order valence-electron chi connectivity index (χ2n) is 4.23. The molecule has 0 radical (unpaired) electrons. The van der Waals surface area contributed by atoms with Gasteiger partial charge < -0.3 is 5.32 Å². The average Bonchev–Trinajstić information content (AvgIpc) is 2.20. The van der Waals surface area contributed by atoms with Crippen LogP contribution in [0.2, 0.25) is 0 Å². The Morgan fingerprint density at radius 1 is 1.06 bits per heavy atom. The van der Waals surface area contributed by atoms with Gasteiger partial charge in [-0.25, -0.2) is 17.2 Å². The number of benzene rings is 1. The summed E-state index contributed by atoms with van der Waals surface area (Å²) >= 11 is 0. The number of sulfone groups is 1. The van der Waals surface area contributed by atoms with E-state index in [4.69, 9.17) is 0 Å². The Morgan fingerprint density at radius 2 is 1.59 bits per heavy atom. The standard InChI is InChI=1S/C11H13F2NO2S/c12-8-5-9(13)7-11(6-8)14-10-1-3-17(15,16)4-2-10/h5-7,10,14H,1-4H2. The summed E-state index contributed by atoms with van der Waals surface area (Å²) < 4.78 is 48.3. The second-order valence-corrected chi connectivity index (χ2v) is 6.53. The summed E-state index contributed by atoms with van der Waals surface area (Å²) in [5, 5.41) is 2.96. The molecule has 2 rings (SSSR count). The maximum Gasteiger partial charge on any atom is 0.150 e. The van der Waals surface area contributed by atoms with E-state index in [1.807, 2.05) is 0 Å². The van der Waals surface area contributed by atoms with Crippen LogP contribution < -0.4 is 5.32 Å².